The second kappa shape index (κ2) is 3.62. The number of rotatable bonds is 1. The molecule has 2 rings (SSSR count). The van der Waals surface area contributed by atoms with Gasteiger partial charge in [0, 0.05) is 17.8 Å². The van der Waals surface area contributed by atoms with Gasteiger partial charge >= 0.3 is 6.09 Å². The molecule has 0 aliphatic carbocycles. The van der Waals surface area contributed by atoms with Gasteiger partial charge < -0.3 is 5.11 Å². The van der Waals surface area contributed by atoms with Crippen LogP contribution in [0.5, 0.6) is 0 Å². The van der Waals surface area contributed by atoms with E-state index in [9.17, 15) is 9.18 Å². The van der Waals surface area contributed by atoms with Crippen LogP contribution in [-0.2, 0) is 6.42 Å². The standard InChI is InChI=1S/C10H6FN3O2/c11-7-3-8-9(13-4-7)6(1-2-12)5-14(8)10(15)16/h3-5H,1H2,(H,15,16). The molecule has 0 saturated heterocycles. The van der Waals surface area contributed by atoms with Crippen LogP contribution in [0.3, 0.4) is 0 Å². The fourth-order valence-corrected chi connectivity index (χ4v) is 1.52. The fourth-order valence-electron chi connectivity index (χ4n) is 1.52. The van der Waals surface area contributed by atoms with E-state index in [2.05, 4.69) is 4.98 Å². The van der Waals surface area contributed by atoms with Crippen molar-refractivity contribution in [1.29, 1.82) is 5.26 Å². The van der Waals surface area contributed by atoms with Gasteiger partial charge in [-0.05, 0) is 0 Å². The first kappa shape index (κ1) is 10.1. The molecule has 0 amide bonds. The van der Waals surface area contributed by atoms with Crippen LogP contribution < -0.4 is 0 Å². The van der Waals surface area contributed by atoms with E-state index in [0.29, 0.717) is 11.1 Å². The molecule has 80 valence electrons. The molecule has 0 spiro atoms. The maximum atomic E-state index is 12.9. The van der Waals surface area contributed by atoms with E-state index in [1.165, 1.54) is 6.20 Å². The maximum absolute atomic E-state index is 12.9. The zero-order chi connectivity index (χ0) is 11.7. The van der Waals surface area contributed by atoms with Crippen molar-refractivity contribution in [1.82, 2.24) is 9.55 Å². The van der Waals surface area contributed by atoms with E-state index < -0.39 is 11.9 Å². The van der Waals surface area contributed by atoms with Crippen LogP contribution >= 0.6 is 0 Å². The number of carbonyl (C=O) groups is 1. The lowest BCUT2D eigenvalue weighted by Gasteiger charge is -1.96. The lowest BCUT2D eigenvalue weighted by Crippen LogP contribution is -2.05. The van der Waals surface area contributed by atoms with Crippen LogP contribution in [0.4, 0.5) is 9.18 Å². The Morgan fingerprint density at radius 1 is 1.69 bits per heavy atom. The van der Waals surface area contributed by atoms with Crippen molar-refractivity contribution in [3.63, 3.8) is 0 Å². The summed E-state index contributed by atoms with van der Waals surface area (Å²) < 4.78 is 13.8. The highest BCUT2D eigenvalue weighted by Crippen LogP contribution is 2.20. The average molecular weight is 219 g/mol. The summed E-state index contributed by atoms with van der Waals surface area (Å²) in [6.45, 7) is 0. The second-order valence-electron chi connectivity index (χ2n) is 3.16. The molecular weight excluding hydrogens is 213 g/mol. The van der Waals surface area contributed by atoms with Crippen LogP contribution in [-0.4, -0.2) is 20.8 Å². The molecule has 2 aromatic rings. The molecule has 16 heavy (non-hydrogen) atoms. The van der Waals surface area contributed by atoms with Crippen LogP contribution in [0.25, 0.3) is 11.0 Å². The average Bonchev–Trinajstić information content (AvgIpc) is 2.57. The van der Waals surface area contributed by atoms with Crippen molar-refractivity contribution in [2.24, 2.45) is 0 Å². The number of nitrogens with zero attached hydrogens (tertiary/aromatic N) is 3. The summed E-state index contributed by atoms with van der Waals surface area (Å²) in [5, 5.41) is 17.5. The summed E-state index contributed by atoms with van der Waals surface area (Å²) in [6, 6.07) is 2.98. The van der Waals surface area contributed by atoms with Gasteiger partial charge in [-0.2, -0.15) is 5.26 Å². The largest absolute Gasteiger partial charge is 0.464 e. The first-order valence-electron chi connectivity index (χ1n) is 4.39. The van der Waals surface area contributed by atoms with E-state index in [-0.39, 0.29) is 11.9 Å². The van der Waals surface area contributed by atoms with Crippen molar-refractivity contribution in [3.8, 4) is 6.07 Å². The summed E-state index contributed by atoms with van der Waals surface area (Å²) in [5.74, 6) is -0.614. The molecule has 0 unspecified atom stereocenters. The lowest BCUT2D eigenvalue weighted by atomic mass is 10.2. The Kier molecular flexibility index (Phi) is 2.29. The summed E-state index contributed by atoms with van der Waals surface area (Å²) in [4.78, 5) is 14.7. The summed E-state index contributed by atoms with van der Waals surface area (Å²) >= 11 is 0. The highest BCUT2D eigenvalue weighted by molar-refractivity contribution is 5.88. The Labute approximate surface area is 89.4 Å². The molecule has 0 aromatic carbocycles. The van der Waals surface area contributed by atoms with E-state index in [4.69, 9.17) is 10.4 Å². The molecule has 1 N–H and O–H groups in total. The number of hydrogen-bond donors (Lipinski definition) is 1. The molecule has 0 bridgehead atoms. The third-order valence-corrected chi connectivity index (χ3v) is 2.16. The third kappa shape index (κ3) is 1.48. The van der Waals surface area contributed by atoms with Gasteiger partial charge in [0.05, 0.1) is 29.7 Å². The molecule has 5 nitrogen and oxygen atoms in total. The van der Waals surface area contributed by atoms with Crippen molar-refractivity contribution in [2.45, 2.75) is 6.42 Å². The summed E-state index contributed by atoms with van der Waals surface area (Å²) in [6.07, 6.45) is 1.08. The third-order valence-electron chi connectivity index (χ3n) is 2.16. The zero-order valence-corrected chi connectivity index (χ0v) is 8.01. The van der Waals surface area contributed by atoms with E-state index in [1.807, 2.05) is 6.07 Å². The predicted octanol–water partition coefficient (Wildman–Crippen LogP) is 1.77. The molecule has 6 heteroatoms. The Morgan fingerprint density at radius 3 is 3.06 bits per heavy atom. The Balaban J connectivity index is 2.77. The Morgan fingerprint density at radius 2 is 2.44 bits per heavy atom. The minimum atomic E-state index is -1.23. The van der Waals surface area contributed by atoms with Crippen molar-refractivity contribution >= 4 is 17.1 Å². The van der Waals surface area contributed by atoms with Crippen LogP contribution in [0.1, 0.15) is 5.56 Å². The normalized spacial score (nSPS) is 10.2. The van der Waals surface area contributed by atoms with E-state index in [0.717, 1.165) is 16.8 Å². The zero-order valence-electron chi connectivity index (χ0n) is 8.01. The highest BCUT2D eigenvalue weighted by atomic mass is 19.1. The molecule has 0 aliphatic rings. The molecule has 2 aromatic heterocycles. The fraction of sp³-hybridized carbons (Fsp3) is 0.100. The van der Waals surface area contributed by atoms with E-state index in [1.54, 1.807) is 0 Å². The van der Waals surface area contributed by atoms with Crippen LogP contribution in [0.2, 0.25) is 0 Å². The van der Waals surface area contributed by atoms with Gasteiger partial charge in [-0.15, -0.1) is 0 Å². The lowest BCUT2D eigenvalue weighted by molar-refractivity contribution is 0.197. The molecule has 0 fully saturated rings. The minimum Gasteiger partial charge on any atom is -0.464 e. The minimum absolute atomic E-state index is 0.0371. The summed E-state index contributed by atoms with van der Waals surface area (Å²) in [7, 11) is 0. The van der Waals surface area contributed by atoms with Gasteiger partial charge in [0.2, 0.25) is 0 Å². The van der Waals surface area contributed by atoms with Gasteiger partial charge in [0.15, 0.2) is 0 Å². The van der Waals surface area contributed by atoms with Crippen molar-refractivity contribution in [2.75, 3.05) is 0 Å². The first-order valence-corrected chi connectivity index (χ1v) is 4.39. The summed E-state index contributed by atoms with van der Waals surface area (Å²) in [5.41, 5.74) is 0.961. The number of hydrogen-bond acceptors (Lipinski definition) is 3. The monoisotopic (exact) mass is 219 g/mol. The molecule has 0 radical (unpaired) electrons. The number of halogens is 1. The van der Waals surface area contributed by atoms with Crippen LogP contribution in [0.15, 0.2) is 18.5 Å². The number of fused-ring (bicyclic) bond motifs is 1. The molecule has 0 saturated carbocycles. The second-order valence-corrected chi connectivity index (χ2v) is 3.16. The van der Waals surface area contributed by atoms with Crippen LogP contribution in [0, 0.1) is 17.1 Å². The quantitative estimate of drug-likeness (QED) is 0.792. The highest BCUT2D eigenvalue weighted by Gasteiger charge is 2.14. The molecule has 0 atom stereocenters. The van der Waals surface area contributed by atoms with Gasteiger partial charge in [-0.1, -0.05) is 0 Å². The van der Waals surface area contributed by atoms with E-state index >= 15 is 0 Å². The van der Waals surface area contributed by atoms with Crippen molar-refractivity contribution < 1.29 is 14.3 Å². The Bertz CT molecular complexity index is 612. The van der Waals surface area contributed by atoms with Gasteiger partial charge in [-0.3, -0.25) is 9.55 Å². The van der Waals surface area contributed by atoms with Crippen molar-refractivity contribution in [3.05, 3.63) is 29.8 Å². The van der Waals surface area contributed by atoms with Gasteiger partial charge in [0.1, 0.15) is 5.82 Å². The van der Waals surface area contributed by atoms with Gasteiger partial charge in [-0.25, -0.2) is 9.18 Å². The molecule has 2 heterocycles. The maximum Gasteiger partial charge on any atom is 0.416 e. The molecular formula is C10H6FN3O2. The number of aromatic nitrogens is 2. The smallest absolute Gasteiger partial charge is 0.416 e. The SMILES string of the molecule is N#CCc1cn(C(=O)O)c2cc(F)cnc12. The Hall–Kier alpha value is -2.42. The predicted molar refractivity (Wildman–Crippen MR) is 52.4 cm³/mol. The number of nitriles is 1. The first-order chi connectivity index (χ1) is 7.63. The molecule has 0 aliphatic heterocycles. The number of pyridine rings is 1. The van der Waals surface area contributed by atoms with Gasteiger partial charge in [0.25, 0.3) is 0 Å². The topological polar surface area (TPSA) is 78.9 Å². The number of carboxylic acid groups (broad SMARTS) is 1.